The van der Waals surface area contributed by atoms with Crippen LogP contribution in [-0.4, -0.2) is 43.5 Å². The van der Waals surface area contributed by atoms with E-state index in [1.807, 2.05) is 12.1 Å². The van der Waals surface area contributed by atoms with Gasteiger partial charge in [-0.3, -0.25) is 4.79 Å². The van der Waals surface area contributed by atoms with Crippen molar-refractivity contribution in [2.45, 2.75) is 30.3 Å². The first kappa shape index (κ1) is 21.3. The number of benzene rings is 2. The molecule has 154 valence electrons. The third-order valence-corrected chi connectivity index (χ3v) is 5.74. The number of halogens is 1. The van der Waals surface area contributed by atoms with Crippen LogP contribution in [0.1, 0.15) is 28.8 Å². The molecule has 3 rings (SSSR count). The van der Waals surface area contributed by atoms with Crippen molar-refractivity contribution in [1.82, 2.24) is 5.32 Å². The molecule has 1 saturated heterocycles. The van der Waals surface area contributed by atoms with E-state index in [1.165, 1.54) is 12.1 Å². The van der Waals surface area contributed by atoms with Crippen LogP contribution in [0.25, 0.3) is 0 Å². The van der Waals surface area contributed by atoms with E-state index in [0.29, 0.717) is 18.5 Å². The number of amides is 1. The van der Waals surface area contributed by atoms with E-state index in [-0.39, 0.29) is 24.4 Å². The molecule has 1 aliphatic heterocycles. The van der Waals surface area contributed by atoms with Gasteiger partial charge in [0, 0.05) is 23.8 Å². The van der Waals surface area contributed by atoms with Gasteiger partial charge >= 0.3 is 5.97 Å². The maximum Gasteiger partial charge on any atom is 0.339 e. The van der Waals surface area contributed by atoms with Crippen molar-refractivity contribution in [1.29, 1.82) is 0 Å². The summed E-state index contributed by atoms with van der Waals surface area (Å²) in [5.41, 5.74) is 1.37. The second-order valence-electron chi connectivity index (χ2n) is 6.74. The SMILES string of the molecule is O=C(COC(=O)c1ccccc1SC[C@H]1CCCO1)NCCc1ccc(F)cc1. The van der Waals surface area contributed by atoms with Gasteiger partial charge < -0.3 is 14.8 Å². The quantitative estimate of drug-likeness (QED) is 0.499. The molecule has 0 spiro atoms. The van der Waals surface area contributed by atoms with Crippen LogP contribution >= 0.6 is 11.8 Å². The minimum absolute atomic E-state index is 0.218. The molecule has 1 amide bonds. The van der Waals surface area contributed by atoms with Gasteiger partial charge in [0.05, 0.1) is 11.7 Å². The lowest BCUT2D eigenvalue weighted by molar-refractivity contribution is -0.124. The summed E-state index contributed by atoms with van der Waals surface area (Å²) in [6.07, 6.45) is 2.90. The van der Waals surface area contributed by atoms with Crippen LogP contribution in [0.4, 0.5) is 4.39 Å². The van der Waals surface area contributed by atoms with Gasteiger partial charge in [0.2, 0.25) is 0 Å². The number of hydrogen-bond acceptors (Lipinski definition) is 5. The Hall–Kier alpha value is -2.38. The number of esters is 1. The molecule has 0 bridgehead atoms. The fourth-order valence-corrected chi connectivity index (χ4v) is 4.09. The fourth-order valence-electron chi connectivity index (χ4n) is 2.98. The monoisotopic (exact) mass is 417 g/mol. The molecular weight excluding hydrogens is 393 g/mol. The molecule has 0 saturated carbocycles. The summed E-state index contributed by atoms with van der Waals surface area (Å²) < 4.78 is 23.7. The molecule has 0 unspecified atom stereocenters. The highest BCUT2D eigenvalue weighted by Gasteiger charge is 2.19. The fraction of sp³-hybridized carbons (Fsp3) is 0.364. The van der Waals surface area contributed by atoms with Crippen molar-refractivity contribution in [2.24, 2.45) is 0 Å². The zero-order chi connectivity index (χ0) is 20.5. The van der Waals surface area contributed by atoms with Crippen molar-refractivity contribution in [3.8, 4) is 0 Å². The van der Waals surface area contributed by atoms with Crippen LogP contribution in [0.3, 0.4) is 0 Å². The predicted octanol–water partition coefficient (Wildman–Crippen LogP) is 3.61. The van der Waals surface area contributed by atoms with Crippen LogP contribution in [0.2, 0.25) is 0 Å². The van der Waals surface area contributed by atoms with Gasteiger partial charge in [-0.1, -0.05) is 24.3 Å². The molecule has 2 aromatic rings. The summed E-state index contributed by atoms with van der Waals surface area (Å²) in [5.74, 6) is -0.397. The molecule has 1 atom stereocenters. The molecule has 0 aliphatic carbocycles. The first-order valence-electron chi connectivity index (χ1n) is 9.63. The Morgan fingerprint density at radius 3 is 2.72 bits per heavy atom. The predicted molar refractivity (Wildman–Crippen MR) is 110 cm³/mol. The van der Waals surface area contributed by atoms with Gasteiger partial charge in [0.1, 0.15) is 5.82 Å². The average molecular weight is 418 g/mol. The van der Waals surface area contributed by atoms with E-state index in [2.05, 4.69) is 5.32 Å². The molecule has 1 fully saturated rings. The summed E-state index contributed by atoms with van der Waals surface area (Å²) in [5, 5.41) is 2.70. The Bertz CT molecular complexity index is 822. The number of thioether (sulfide) groups is 1. The number of nitrogens with one attached hydrogen (secondary N) is 1. The van der Waals surface area contributed by atoms with Gasteiger partial charge in [-0.25, -0.2) is 9.18 Å². The normalized spacial score (nSPS) is 15.8. The largest absolute Gasteiger partial charge is 0.452 e. The van der Waals surface area contributed by atoms with Crippen molar-refractivity contribution >= 4 is 23.6 Å². The summed E-state index contributed by atoms with van der Waals surface area (Å²) in [6.45, 7) is 0.841. The lowest BCUT2D eigenvalue weighted by Crippen LogP contribution is -2.30. The minimum atomic E-state index is -0.519. The smallest absolute Gasteiger partial charge is 0.339 e. The lowest BCUT2D eigenvalue weighted by atomic mass is 10.1. The Balaban J connectivity index is 1.42. The third kappa shape index (κ3) is 6.87. The van der Waals surface area contributed by atoms with Gasteiger partial charge in [-0.15, -0.1) is 11.8 Å². The molecule has 5 nitrogen and oxygen atoms in total. The number of rotatable bonds is 9. The van der Waals surface area contributed by atoms with E-state index in [9.17, 15) is 14.0 Å². The van der Waals surface area contributed by atoms with Crippen molar-refractivity contribution in [2.75, 3.05) is 25.5 Å². The summed E-state index contributed by atoms with van der Waals surface area (Å²) in [7, 11) is 0. The van der Waals surface area contributed by atoms with Crippen LogP contribution in [0, 0.1) is 5.82 Å². The van der Waals surface area contributed by atoms with E-state index in [1.54, 1.807) is 36.0 Å². The van der Waals surface area contributed by atoms with Crippen molar-refractivity contribution in [3.63, 3.8) is 0 Å². The average Bonchev–Trinajstić information content (AvgIpc) is 3.26. The maximum atomic E-state index is 12.9. The van der Waals surface area contributed by atoms with Crippen molar-refractivity contribution < 1.29 is 23.5 Å². The van der Waals surface area contributed by atoms with Gasteiger partial charge in [-0.2, -0.15) is 0 Å². The molecule has 2 aromatic carbocycles. The molecule has 29 heavy (non-hydrogen) atoms. The Kier molecular flexibility index (Phi) is 8.07. The molecule has 0 aromatic heterocycles. The molecule has 0 radical (unpaired) electrons. The highest BCUT2D eigenvalue weighted by molar-refractivity contribution is 7.99. The highest BCUT2D eigenvalue weighted by atomic mass is 32.2. The summed E-state index contributed by atoms with van der Waals surface area (Å²) in [4.78, 5) is 25.2. The van der Waals surface area contributed by atoms with Crippen molar-refractivity contribution in [3.05, 3.63) is 65.5 Å². The van der Waals surface area contributed by atoms with E-state index >= 15 is 0 Å². The molecule has 1 aliphatic rings. The standard InChI is InChI=1S/C22H24FNO4S/c23-17-9-7-16(8-10-17)11-12-24-21(25)14-28-22(26)19-5-1-2-6-20(19)29-15-18-4-3-13-27-18/h1-2,5-10,18H,3-4,11-15H2,(H,24,25)/t18-/m1/s1. The summed E-state index contributed by atoms with van der Waals surface area (Å²) >= 11 is 1.57. The highest BCUT2D eigenvalue weighted by Crippen LogP contribution is 2.27. The topological polar surface area (TPSA) is 64.6 Å². The van der Waals surface area contributed by atoms with E-state index < -0.39 is 5.97 Å². The van der Waals surface area contributed by atoms with Crippen LogP contribution in [-0.2, 0) is 20.7 Å². The van der Waals surface area contributed by atoms with Gasteiger partial charge in [0.15, 0.2) is 6.61 Å². The third-order valence-electron chi connectivity index (χ3n) is 4.54. The molecule has 1 N–H and O–H groups in total. The maximum absolute atomic E-state index is 12.9. The van der Waals surface area contributed by atoms with Gasteiger partial charge in [0.25, 0.3) is 5.91 Å². The van der Waals surface area contributed by atoms with Gasteiger partial charge in [-0.05, 0) is 49.1 Å². The zero-order valence-electron chi connectivity index (χ0n) is 16.1. The molecule has 7 heteroatoms. The Morgan fingerprint density at radius 1 is 1.17 bits per heavy atom. The molecule has 1 heterocycles. The van der Waals surface area contributed by atoms with E-state index in [0.717, 1.165) is 35.7 Å². The second kappa shape index (κ2) is 11.0. The van der Waals surface area contributed by atoms with Crippen LogP contribution in [0.5, 0.6) is 0 Å². The minimum Gasteiger partial charge on any atom is -0.452 e. The number of hydrogen-bond donors (Lipinski definition) is 1. The lowest BCUT2D eigenvalue weighted by Gasteiger charge is -2.12. The number of ether oxygens (including phenoxy) is 2. The zero-order valence-corrected chi connectivity index (χ0v) is 16.9. The Labute approximate surface area is 174 Å². The van der Waals surface area contributed by atoms with E-state index in [4.69, 9.17) is 9.47 Å². The van der Waals surface area contributed by atoms with Crippen LogP contribution in [0.15, 0.2) is 53.4 Å². The second-order valence-corrected chi connectivity index (χ2v) is 7.81. The molecular formula is C22H24FNO4S. The summed E-state index contributed by atoms with van der Waals surface area (Å²) in [6, 6.07) is 13.3. The van der Waals surface area contributed by atoms with Crippen LogP contribution < -0.4 is 5.32 Å². The number of carbonyl (C=O) groups excluding carboxylic acids is 2. The first-order chi connectivity index (χ1) is 14.1. The Morgan fingerprint density at radius 2 is 1.97 bits per heavy atom. The first-order valence-corrected chi connectivity index (χ1v) is 10.6. The number of carbonyl (C=O) groups is 2.